The number of halogens is 1. The maximum absolute atomic E-state index is 10.5. The molecule has 1 atom stereocenters. The molecule has 19 heavy (non-hydrogen) atoms. The van der Waals surface area contributed by atoms with Crippen LogP contribution in [0.25, 0.3) is 0 Å². The molecular formula is C16H22ClNO. The highest BCUT2D eigenvalue weighted by Gasteiger charge is 2.31. The lowest BCUT2D eigenvalue weighted by Crippen LogP contribution is -2.43. The van der Waals surface area contributed by atoms with Crippen molar-refractivity contribution < 1.29 is 5.11 Å². The van der Waals surface area contributed by atoms with Gasteiger partial charge in [0.1, 0.15) is 0 Å². The standard InChI is InChI=1S/C16H22ClNO/c17-13-5-6-14-12(10-13)4-7-15(14)18-11-16(19)8-2-1-3-9-16/h5-6,10,15,18-19H,1-4,7-9,11H2. The molecule has 2 N–H and O–H groups in total. The van der Waals surface area contributed by atoms with E-state index >= 15 is 0 Å². The summed E-state index contributed by atoms with van der Waals surface area (Å²) in [7, 11) is 0. The minimum atomic E-state index is -0.479. The van der Waals surface area contributed by atoms with Gasteiger partial charge in [-0.2, -0.15) is 0 Å². The predicted molar refractivity (Wildman–Crippen MR) is 78.6 cm³/mol. The Balaban J connectivity index is 1.63. The molecule has 1 fully saturated rings. The van der Waals surface area contributed by atoms with E-state index in [9.17, 15) is 5.11 Å². The van der Waals surface area contributed by atoms with E-state index in [4.69, 9.17) is 11.6 Å². The van der Waals surface area contributed by atoms with Gasteiger partial charge in [0.25, 0.3) is 0 Å². The van der Waals surface area contributed by atoms with Crippen LogP contribution in [0.5, 0.6) is 0 Å². The Bertz CT molecular complexity index is 454. The number of rotatable bonds is 3. The second-order valence-electron chi connectivity index (χ2n) is 6.10. The van der Waals surface area contributed by atoms with Crippen LogP contribution in [0, 0.1) is 0 Å². The molecular weight excluding hydrogens is 258 g/mol. The molecule has 0 heterocycles. The Kier molecular flexibility index (Phi) is 3.84. The Morgan fingerprint density at radius 3 is 2.84 bits per heavy atom. The van der Waals surface area contributed by atoms with Crippen LogP contribution in [0.1, 0.15) is 55.7 Å². The number of aryl methyl sites for hydroxylation is 1. The summed E-state index contributed by atoms with van der Waals surface area (Å²) in [5, 5.41) is 14.9. The number of aliphatic hydroxyl groups is 1. The third kappa shape index (κ3) is 2.96. The van der Waals surface area contributed by atoms with Gasteiger partial charge in [0.2, 0.25) is 0 Å². The van der Waals surface area contributed by atoms with Crippen molar-refractivity contribution in [2.75, 3.05) is 6.54 Å². The number of fused-ring (bicyclic) bond motifs is 1. The summed E-state index contributed by atoms with van der Waals surface area (Å²) >= 11 is 6.03. The fourth-order valence-corrected chi connectivity index (χ4v) is 3.69. The molecule has 104 valence electrons. The quantitative estimate of drug-likeness (QED) is 0.886. The van der Waals surface area contributed by atoms with Gasteiger partial charge in [0.05, 0.1) is 5.60 Å². The molecule has 0 aliphatic heterocycles. The van der Waals surface area contributed by atoms with Crippen molar-refractivity contribution in [2.24, 2.45) is 0 Å². The van der Waals surface area contributed by atoms with E-state index < -0.39 is 5.60 Å². The summed E-state index contributed by atoms with van der Waals surface area (Å²) < 4.78 is 0. The highest BCUT2D eigenvalue weighted by Crippen LogP contribution is 2.34. The monoisotopic (exact) mass is 279 g/mol. The summed E-state index contributed by atoms with van der Waals surface area (Å²) in [6.45, 7) is 0.722. The highest BCUT2D eigenvalue weighted by molar-refractivity contribution is 6.30. The average Bonchev–Trinajstić information content (AvgIpc) is 2.79. The maximum atomic E-state index is 10.5. The van der Waals surface area contributed by atoms with Crippen molar-refractivity contribution in [2.45, 2.75) is 56.6 Å². The van der Waals surface area contributed by atoms with Crippen molar-refractivity contribution in [3.05, 3.63) is 34.3 Å². The molecule has 0 spiro atoms. The van der Waals surface area contributed by atoms with E-state index in [0.29, 0.717) is 6.04 Å². The minimum absolute atomic E-state index is 0.387. The van der Waals surface area contributed by atoms with Gasteiger partial charge in [-0.15, -0.1) is 0 Å². The average molecular weight is 280 g/mol. The van der Waals surface area contributed by atoms with Crippen molar-refractivity contribution in [3.8, 4) is 0 Å². The molecule has 2 nitrogen and oxygen atoms in total. The molecule has 1 aromatic rings. The van der Waals surface area contributed by atoms with Gasteiger partial charge in [0, 0.05) is 17.6 Å². The summed E-state index contributed by atoms with van der Waals surface area (Å²) in [4.78, 5) is 0. The van der Waals surface area contributed by atoms with Crippen molar-refractivity contribution in [3.63, 3.8) is 0 Å². The second kappa shape index (κ2) is 5.43. The summed E-state index contributed by atoms with van der Waals surface area (Å²) in [5.41, 5.74) is 2.25. The van der Waals surface area contributed by atoms with E-state index in [1.807, 2.05) is 6.07 Å². The molecule has 0 saturated heterocycles. The second-order valence-corrected chi connectivity index (χ2v) is 6.54. The van der Waals surface area contributed by atoms with Gasteiger partial charge in [0.15, 0.2) is 0 Å². The number of hydrogen-bond acceptors (Lipinski definition) is 2. The van der Waals surface area contributed by atoms with Crippen molar-refractivity contribution >= 4 is 11.6 Å². The third-order valence-corrected chi connectivity index (χ3v) is 4.88. The molecule has 1 aromatic carbocycles. The van der Waals surface area contributed by atoms with Crippen molar-refractivity contribution in [1.82, 2.24) is 5.32 Å². The fourth-order valence-electron chi connectivity index (χ4n) is 3.50. The minimum Gasteiger partial charge on any atom is -0.389 e. The zero-order valence-corrected chi connectivity index (χ0v) is 12.0. The number of nitrogens with one attached hydrogen (secondary N) is 1. The molecule has 0 amide bonds. The topological polar surface area (TPSA) is 32.3 Å². The first-order valence-corrected chi connectivity index (χ1v) is 7.78. The van der Waals surface area contributed by atoms with Crippen LogP contribution >= 0.6 is 11.6 Å². The Labute approximate surface area is 120 Å². The molecule has 0 bridgehead atoms. The lowest BCUT2D eigenvalue weighted by Gasteiger charge is -2.33. The van der Waals surface area contributed by atoms with E-state index in [0.717, 1.165) is 50.1 Å². The first-order chi connectivity index (χ1) is 9.16. The van der Waals surface area contributed by atoms with E-state index in [-0.39, 0.29) is 0 Å². The molecule has 2 aliphatic rings. The predicted octanol–water partition coefficient (Wildman–Crippen LogP) is 3.61. The molecule has 0 radical (unpaired) electrons. The third-order valence-electron chi connectivity index (χ3n) is 4.64. The summed E-state index contributed by atoms with van der Waals surface area (Å²) in [6, 6.07) is 6.56. The van der Waals surface area contributed by atoms with Crippen LogP contribution in [0.15, 0.2) is 18.2 Å². The van der Waals surface area contributed by atoms with E-state index in [1.165, 1.54) is 17.5 Å². The van der Waals surface area contributed by atoms with Crippen molar-refractivity contribution in [1.29, 1.82) is 0 Å². The fraction of sp³-hybridized carbons (Fsp3) is 0.625. The van der Waals surface area contributed by atoms with Gasteiger partial charge in [-0.3, -0.25) is 0 Å². The van der Waals surface area contributed by atoms with Crippen LogP contribution in [0.3, 0.4) is 0 Å². The highest BCUT2D eigenvalue weighted by atomic mass is 35.5. The summed E-state index contributed by atoms with van der Waals surface area (Å²) in [6.07, 6.45) is 7.69. The smallest absolute Gasteiger partial charge is 0.0771 e. The van der Waals surface area contributed by atoms with Gasteiger partial charge in [-0.05, 0) is 48.9 Å². The van der Waals surface area contributed by atoms with Gasteiger partial charge in [-0.1, -0.05) is 36.9 Å². The van der Waals surface area contributed by atoms with Crippen LogP contribution in [-0.4, -0.2) is 17.3 Å². The maximum Gasteiger partial charge on any atom is 0.0771 e. The van der Waals surface area contributed by atoms with Crippen LogP contribution in [-0.2, 0) is 6.42 Å². The van der Waals surface area contributed by atoms with E-state index in [1.54, 1.807) is 0 Å². The molecule has 1 unspecified atom stereocenters. The van der Waals surface area contributed by atoms with Gasteiger partial charge in [-0.25, -0.2) is 0 Å². The first-order valence-electron chi connectivity index (χ1n) is 7.40. The van der Waals surface area contributed by atoms with Crippen LogP contribution in [0.4, 0.5) is 0 Å². The summed E-state index contributed by atoms with van der Waals surface area (Å²) in [5.74, 6) is 0. The van der Waals surface area contributed by atoms with Crippen LogP contribution < -0.4 is 5.32 Å². The number of benzene rings is 1. The molecule has 3 rings (SSSR count). The molecule has 2 aliphatic carbocycles. The Morgan fingerprint density at radius 1 is 1.26 bits per heavy atom. The lowest BCUT2D eigenvalue weighted by atomic mass is 9.84. The SMILES string of the molecule is OC1(CNC2CCc3cc(Cl)ccc32)CCCCC1. The largest absolute Gasteiger partial charge is 0.389 e. The Morgan fingerprint density at radius 2 is 2.05 bits per heavy atom. The Hall–Kier alpha value is -0.570. The zero-order valence-electron chi connectivity index (χ0n) is 11.3. The molecule has 0 aromatic heterocycles. The number of hydrogen-bond donors (Lipinski definition) is 2. The molecule has 3 heteroatoms. The van der Waals surface area contributed by atoms with E-state index in [2.05, 4.69) is 17.4 Å². The van der Waals surface area contributed by atoms with Crippen LogP contribution in [0.2, 0.25) is 5.02 Å². The van der Waals surface area contributed by atoms with Gasteiger partial charge < -0.3 is 10.4 Å². The normalized spacial score (nSPS) is 25.3. The first kappa shape index (κ1) is 13.4. The zero-order chi connectivity index (χ0) is 13.3. The molecule has 1 saturated carbocycles. The van der Waals surface area contributed by atoms with Gasteiger partial charge >= 0.3 is 0 Å². The lowest BCUT2D eigenvalue weighted by molar-refractivity contribution is 0.00262.